The van der Waals surface area contributed by atoms with Gasteiger partial charge in [0.25, 0.3) is 0 Å². The number of fused-ring (bicyclic) bond motifs is 1. The molecule has 0 saturated heterocycles. The van der Waals surface area contributed by atoms with Crippen LogP contribution in [-0.2, 0) is 6.42 Å². The molecular formula is C16H14N2O2. The first-order valence-corrected chi connectivity index (χ1v) is 6.56. The van der Waals surface area contributed by atoms with Crippen LogP contribution < -0.4 is 4.74 Å². The van der Waals surface area contributed by atoms with Crippen molar-refractivity contribution in [2.75, 3.05) is 7.11 Å². The molecule has 0 unspecified atom stereocenters. The number of carbonyl (C=O) groups excluding carboxylic acids is 1. The second-order valence-electron chi connectivity index (χ2n) is 4.82. The second-order valence-corrected chi connectivity index (χ2v) is 4.82. The number of rotatable bonds is 2. The number of aromatic nitrogens is 1. The van der Waals surface area contributed by atoms with E-state index in [-0.39, 0.29) is 5.78 Å². The molecule has 4 heteroatoms. The van der Waals surface area contributed by atoms with E-state index in [1.54, 1.807) is 19.2 Å². The van der Waals surface area contributed by atoms with E-state index in [0.29, 0.717) is 17.7 Å². The van der Waals surface area contributed by atoms with Gasteiger partial charge in [0.2, 0.25) is 0 Å². The Hall–Kier alpha value is -2.54. The van der Waals surface area contributed by atoms with Crippen molar-refractivity contribution < 1.29 is 9.53 Å². The Morgan fingerprint density at radius 3 is 2.90 bits per heavy atom. The average molecular weight is 266 g/mol. The Morgan fingerprint density at radius 2 is 2.15 bits per heavy atom. The number of ether oxygens (including phenoxy) is 1. The van der Waals surface area contributed by atoms with Crippen molar-refractivity contribution in [1.29, 1.82) is 5.26 Å². The minimum Gasteiger partial charge on any atom is -0.495 e. The third kappa shape index (κ3) is 1.88. The summed E-state index contributed by atoms with van der Waals surface area (Å²) in [5, 5.41) is 8.95. The number of hydrogen-bond donors (Lipinski definition) is 0. The first-order valence-electron chi connectivity index (χ1n) is 6.56. The number of methoxy groups -OCH3 is 1. The largest absolute Gasteiger partial charge is 0.495 e. The summed E-state index contributed by atoms with van der Waals surface area (Å²) in [5.41, 5.74) is 3.26. The second kappa shape index (κ2) is 4.86. The van der Waals surface area contributed by atoms with E-state index in [0.717, 1.165) is 29.8 Å². The van der Waals surface area contributed by atoms with Crippen LogP contribution >= 0.6 is 0 Å². The predicted molar refractivity (Wildman–Crippen MR) is 74.3 cm³/mol. The Labute approximate surface area is 117 Å². The molecule has 0 spiro atoms. The SMILES string of the molecule is COc1cc(C#N)ccc1-n1ccc2c1CCCC2=O. The highest BCUT2D eigenvalue weighted by Gasteiger charge is 2.22. The van der Waals surface area contributed by atoms with Crippen molar-refractivity contribution >= 4 is 5.78 Å². The van der Waals surface area contributed by atoms with Gasteiger partial charge in [0, 0.05) is 29.9 Å². The van der Waals surface area contributed by atoms with Crippen molar-refractivity contribution in [3.8, 4) is 17.5 Å². The lowest BCUT2D eigenvalue weighted by molar-refractivity contribution is 0.0972. The Morgan fingerprint density at radius 1 is 1.30 bits per heavy atom. The van der Waals surface area contributed by atoms with Crippen LogP contribution in [0.2, 0.25) is 0 Å². The lowest BCUT2D eigenvalue weighted by Crippen LogP contribution is -2.12. The van der Waals surface area contributed by atoms with Crippen molar-refractivity contribution in [1.82, 2.24) is 4.57 Å². The fourth-order valence-corrected chi connectivity index (χ4v) is 2.70. The van der Waals surface area contributed by atoms with E-state index in [1.165, 1.54) is 0 Å². The number of nitrogens with zero attached hydrogens (tertiary/aromatic N) is 2. The standard InChI is InChI=1S/C16H14N2O2/c1-20-16-9-11(10-17)5-6-14(16)18-8-7-12-13(18)3-2-4-15(12)19/h5-9H,2-4H2,1H3. The summed E-state index contributed by atoms with van der Waals surface area (Å²) >= 11 is 0. The normalized spacial score (nSPS) is 13.7. The molecule has 1 heterocycles. The minimum absolute atomic E-state index is 0.206. The number of Topliss-reactive ketones (excluding diaryl/α,β-unsaturated/α-hetero) is 1. The summed E-state index contributed by atoms with van der Waals surface area (Å²) < 4.78 is 7.37. The molecule has 0 aliphatic heterocycles. The van der Waals surface area contributed by atoms with Crippen molar-refractivity contribution in [3.05, 3.63) is 47.3 Å². The van der Waals surface area contributed by atoms with Crippen LogP contribution in [0.1, 0.15) is 34.5 Å². The Kier molecular flexibility index (Phi) is 3.03. The molecule has 3 rings (SSSR count). The highest BCUT2D eigenvalue weighted by atomic mass is 16.5. The lowest BCUT2D eigenvalue weighted by atomic mass is 9.96. The van der Waals surface area contributed by atoms with E-state index >= 15 is 0 Å². The van der Waals surface area contributed by atoms with Crippen LogP contribution in [0.15, 0.2) is 30.5 Å². The summed E-state index contributed by atoms with van der Waals surface area (Å²) in [6, 6.07) is 9.30. The molecule has 0 bridgehead atoms. The van der Waals surface area contributed by atoms with Crippen LogP contribution in [0.25, 0.3) is 5.69 Å². The third-order valence-electron chi connectivity index (χ3n) is 3.68. The van der Waals surface area contributed by atoms with Gasteiger partial charge in [-0.2, -0.15) is 5.26 Å². The third-order valence-corrected chi connectivity index (χ3v) is 3.68. The number of ketones is 1. The maximum absolute atomic E-state index is 11.9. The highest BCUT2D eigenvalue weighted by Crippen LogP contribution is 2.30. The van der Waals surface area contributed by atoms with Crippen LogP contribution in [0.4, 0.5) is 0 Å². The van der Waals surface area contributed by atoms with Gasteiger partial charge in [-0.15, -0.1) is 0 Å². The quantitative estimate of drug-likeness (QED) is 0.839. The minimum atomic E-state index is 0.206. The van der Waals surface area contributed by atoms with E-state index in [9.17, 15) is 4.79 Å². The van der Waals surface area contributed by atoms with Gasteiger partial charge in [0.1, 0.15) is 5.75 Å². The van der Waals surface area contributed by atoms with Crippen molar-refractivity contribution in [2.24, 2.45) is 0 Å². The summed E-state index contributed by atoms with van der Waals surface area (Å²) in [5.74, 6) is 0.845. The molecule has 0 atom stereocenters. The molecule has 2 aromatic rings. The van der Waals surface area contributed by atoms with Crippen LogP contribution in [-0.4, -0.2) is 17.5 Å². The zero-order valence-electron chi connectivity index (χ0n) is 11.2. The van der Waals surface area contributed by atoms with E-state index in [1.807, 2.05) is 22.9 Å². The van der Waals surface area contributed by atoms with E-state index in [4.69, 9.17) is 10.00 Å². The topological polar surface area (TPSA) is 55.0 Å². The number of hydrogen-bond acceptors (Lipinski definition) is 3. The zero-order valence-corrected chi connectivity index (χ0v) is 11.2. The number of carbonyl (C=O) groups is 1. The molecule has 1 aliphatic carbocycles. The summed E-state index contributed by atoms with van der Waals surface area (Å²) in [6.45, 7) is 0. The molecule has 0 saturated carbocycles. The average Bonchev–Trinajstić information content (AvgIpc) is 2.91. The molecule has 100 valence electrons. The van der Waals surface area contributed by atoms with Gasteiger partial charge in [-0.05, 0) is 31.0 Å². The predicted octanol–water partition coefficient (Wildman–Crippen LogP) is 2.88. The van der Waals surface area contributed by atoms with Gasteiger partial charge >= 0.3 is 0 Å². The number of benzene rings is 1. The van der Waals surface area contributed by atoms with Crippen LogP contribution in [0.5, 0.6) is 5.75 Å². The van der Waals surface area contributed by atoms with Gasteiger partial charge < -0.3 is 9.30 Å². The van der Waals surface area contributed by atoms with Crippen LogP contribution in [0.3, 0.4) is 0 Å². The first kappa shape index (κ1) is 12.5. The highest BCUT2D eigenvalue weighted by molar-refractivity contribution is 5.98. The fraction of sp³-hybridized carbons (Fsp3) is 0.250. The summed E-state index contributed by atoms with van der Waals surface area (Å²) in [7, 11) is 1.58. The van der Waals surface area contributed by atoms with Gasteiger partial charge in [-0.1, -0.05) is 0 Å². The molecule has 4 nitrogen and oxygen atoms in total. The Bertz CT molecular complexity index is 723. The molecule has 1 aliphatic rings. The van der Waals surface area contributed by atoms with Gasteiger partial charge in [0.05, 0.1) is 24.4 Å². The zero-order chi connectivity index (χ0) is 14.1. The molecule has 0 fully saturated rings. The molecular weight excluding hydrogens is 252 g/mol. The molecule has 1 aromatic carbocycles. The Balaban J connectivity index is 2.15. The van der Waals surface area contributed by atoms with Gasteiger partial charge in [-0.3, -0.25) is 4.79 Å². The summed E-state index contributed by atoms with van der Waals surface area (Å²) in [4.78, 5) is 11.9. The maximum atomic E-state index is 11.9. The van der Waals surface area contributed by atoms with E-state index < -0.39 is 0 Å². The fourth-order valence-electron chi connectivity index (χ4n) is 2.70. The molecule has 0 amide bonds. The van der Waals surface area contributed by atoms with Gasteiger partial charge in [0.15, 0.2) is 5.78 Å². The molecule has 1 aromatic heterocycles. The van der Waals surface area contributed by atoms with Crippen molar-refractivity contribution in [2.45, 2.75) is 19.3 Å². The smallest absolute Gasteiger partial charge is 0.164 e. The summed E-state index contributed by atoms with van der Waals surface area (Å²) in [6.07, 6.45) is 4.30. The molecule has 20 heavy (non-hydrogen) atoms. The number of nitriles is 1. The monoisotopic (exact) mass is 266 g/mol. The lowest BCUT2D eigenvalue weighted by Gasteiger charge is -2.17. The molecule has 0 radical (unpaired) electrons. The van der Waals surface area contributed by atoms with E-state index in [2.05, 4.69) is 6.07 Å². The molecule has 0 N–H and O–H groups in total. The van der Waals surface area contributed by atoms with Crippen molar-refractivity contribution in [3.63, 3.8) is 0 Å². The maximum Gasteiger partial charge on any atom is 0.164 e. The van der Waals surface area contributed by atoms with Gasteiger partial charge in [-0.25, -0.2) is 0 Å². The first-order chi connectivity index (χ1) is 9.74. The van der Waals surface area contributed by atoms with Crippen LogP contribution in [0, 0.1) is 11.3 Å².